The zero-order valence-electron chi connectivity index (χ0n) is 12.1. The van der Waals surface area contributed by atoms with Gasteiger partial charge in [-0.25, -0.2) is 14.6 Å². The Kier molecular flexibility index (Phi) is 4.77. The Morgan fingerprint density at radius 2 is 2.19 bits per heavy atom. The number of carbonyl (C=O) groups is 2. The van der Waals surface area contributed by atoms with Crippen molar-refractivity contribution in [1.29, 1.82) is 0 Å². The molecule has 0 aliphatic heterocycles. The van der Waals surface area contributed by atoms with Crippen LogP contribution in [0, 0.1) is 5.92 Å². The second-order valence-corrected chi connectivity index (χ2v) is 5.63. The number of nitrogens with zero attached hydrogens (tertiary/aromatic N) is 2. The molecule has 2 rings (SSSR count). The van der Waals surface area contributed by atoms with Gasteiger partial charge in [-0.2, -0.15) is 5.10 Å². The fourth-order valence-corrected chi connectivity index (χ4v) is 2.55. The van der Waals surface area contributed by atoms with Crippen molar-refractivity contribution < 1.29 is 14.7 Å². The number of aromatic nitrogens is 3. The number of carboxylic acids is 1. The highest BCUT2D eigenvalue weighted by atomic mass is 16.4. The number of H-pyrrole nitrogens is 1. The lowest BCUT2D eigenvalue weighted by Gasteiger charge is -2.36. The molecule has 21 heavy (non-hydrogen) atoms. The third-order valence-electron chi connectivity index (χ3n) is 4.00. The molecule has 4 N–H and O–H groups in total. The molecule has 1 aliphatic carbocycles. The van der Waals surface area contributed by atoms with E-state index < -0.39 is 17.5 Å². The summed E-state index contributed by atoms with van der Waals surface area (Å²) < 4.78 is 0. The summed E-state index contributed by atoms with van der Waals surface area (Å²) in [5.41, 5.74) is -1.14. The summed E-state index contributed by atoms with van der Waals surface area (Å²) in [5, 5.41) is 21.1. The van der Waals surface area contributed by atoms with Crippen molar-refractivity contribution in [2.24, 2.45) is 5.92 Å². The van der Waals surface area contributed by atoms with Crippen molar-refractivity contribution in [3.63, 3.8) is 0 Å². The molecule has 0 atom stereocenters. The molecule has 1 aliphatic rings. The summed E-state index contributed by atoms with van der Waals surface area (Å²) >= 11 is 0. The van der Waals surface area contributed by atoms with Gasteiger partial charge in [0.25, 0.3) is 0 Å². The van der Waals surface area contributed by atoms with Crippen LogP contribution in [0.1, 0.15) is 38.4 Å². The van der Waals surface area contributed by atoms with Gasteiger partial charge in [0.1, 0.15) is 17.7 Å². The van der Waals surface area contributed by atoms with E-state index in [0.29, 0.717) is 37.5 Å². The quantitative estimate of drug-likeness (QED) is 0.636. The molecule has 0 bridgehead atoms. The summed E-state index contributed by atoms with van der Waals surface area (Å²) in [6, 6.07) is -0.452. The first-order valence-electron chi connectivity index (χ1n) is 7.15. The van der Waals surface area contributed by atoms with Gasteiger partial charge < -0.3 is 15.7 Å². The number of amides is 2. The molecule has 1 saturated carbocycles. The number of nitrogens with one attached hydrogen (secondary N) is 3. The van der Waals surface area contributed by atoms with E-state index in [1.54, 1.807) is 0 Å². The number of carboxylic acid groups (broad SMARTS) is 1. The Morgan fingerprint density at radius 1 is 1.48 bits per heavy atom. The van der Waals surface area contributed by atoms with Gasteiger partial charge in [-0.3, -0.25) is 5.10 Å². The number of aliphatic carboxylic acids is 1. The molecule has 1 aromatic rings. The molecule has 0 unspecified atom stereocenters. The van der Waals surface area contributed by atoms with Gasteiger partial charge in [-0.15, -0.1) is 0 Å². The minimum Gasteiger partial charge on any atom is -0.480 e. The van der Waals surface area contributed by atoms with E-state index in [-0.39, 0.29) is 0 Å². The average molecular weight is 295 g/mol. The number of rotatable bonds is 5. The second kappa shape index (κ2) is 6.55. The highest BCUT2D eigenvalue weighted by Crippen LogP contribution is 2.32. The van der Waals surface area contributed by atoms with Crippen molar-refractivity contribution in [2.75, 3.05) is 6.54 Å². The van der Waals surface area contributed by atoms with Gasteiger partial charge in [-0.1, -0.05) is 6.92 Å². The fourth-order valence-electron chi connectivity index (χ4n) is 2.55. The molecular weight excluding hydrogens is 274 g/mol. The molecule has 1 aromatic heterocycles. The zero-order valence-corrected chi connectivity index (χ0v) is 12.1. The lowest BCUT2D eigenvalue weighted by molar-refractivity contribution is -0.146. The topological polar surface area (TPSA) is 120 Å². The minimum atomic E-state index is -1.14. The maximum atomic E-state index is 11.9. The monoisotopic (exact) mass is 295 g/mol. The van der Waals surface area contributed by atoms with Crippen LogP contribution in [-0.4, -0.2) is 44.4 Å². The summed E-state index contributed by atoms with van der Waals surface area (Å²) in [7, 11) is 0. The van der Waals surface area contributed by atoms with Crippen molar-refractivity contribution in [1.82, 2.24) is 25.8 Å². The third kappa shape index (κ3) is 3.93. The van der Waals surface area contributed by atoms with Crippen molar-refractivity contribution in [3.05, 3.63) is 12.2 Å². The molecule has 8 heteroatoms. The first-order valence-corrected chi connectivity index (χ1v) is 7.15. The normalized spacial score (nSPS) is 25.3. The average Bonchev–Trinajstić information content (AvgIpc) is 2.94. The van der Waals surface area contributed by atoms with Crippen LogP contribution >= 0.6 is 0 Å². The van der Waals surface area contributed by atoms with Gasteiger partial charge in [0, 0.05) is 13.0 Å². The van der Waals surface area contributed by atoms with E-state index in [1.165, 1.54) is 6.33 Å². The smallest absolute Gasteiger partial charge is 0.329 e. The number of carbonyl (C=O) groups excluding carboxylic acids is 1. The molecule has 0 aromatic carbocycles. The molecular formula is C13H21N5O3. The van der Waals surface area contributed by atoms with Crippen LogP contribution in [0.15, 0.2) is 6.33 Å². The molecule has 0 spiro atoms. The van der Waals surface area contributed by atoms with Gasteiger partial charge in [0.15, 0.2) is 0 Å². The van der Waals surface area contributed by atoms with Crippen LogP contribution in [0.4, 0.5) is 4.79 Å². The van der Waals surface area contributed by atoms with Crippen LogP contribution in [0.3, 0.4) is 0 Å². The zero-order chi connectivity index (χ0) is 15.3. The van der Waals surface area contributed by atoms with Crippen LogP contribution in [0.5, 0.6) is 0 Å². The van der Waals surface area contributed by atoms with E-state index in [4.69, 9.17) is 0 Å². The fraction of sp³-hybridized carbons (Fsp3) is 0.692. The van der Waals surface area contributed by atoms with E-state index in [2.05, 4.69) is 32.7 Å². The standard InChI is InChI=1S/C13H21N5O3/c1-9-2-5-13(6-3-9,11(19)20)17-12(21)14-7-4-10-15-8-16-18-10/h8-9H,2-7H2,1H3,(H,19,20)(H2,14,17,21)(H,15,16,18). The molecule has 116 valence electrons. The van der Waals surface area contributed by atoms with E-state index >= 15 is 0 Å². The van der Waals surface area contributed by atoms with Crippen molar-refractivity contribution in [2.45, 2.75) is 44.6 Å². The predicted molar refractivity (Wildman–Crippen MR) is 74.6 cm³/mol. The Hall–Kier alpha value is -2.12. The second-order valence-electron chi connectivity index (χ2n) is 5.63. The van der Waals surface area contributed by atoms with Gasteiger partial charge >= 0.3 is 12.0 Å². The lowest BCUT2D eigenvalue weighted by atomic mass is 9.77. The van der Waals surface area contributed by atoms with Crippen LogP contribution < -0.4 is 10.6 Å². The molecule has 2 amide bonds. The largest absolute Gasteiger partial charge is 0.480 e. The van der Waals surface area contributed by atoms with Gasteiger partial charge in [0.05, 0.1) is 0 Å². The number of aromatic amines is 1. The first kappa shape index (κ1) is 15.3. The maximum absolute atomic E-state index is 11.9. The Morgan fingerprint density at radius 3 is 2.76 bits per heavy atom. The van der Waals surface area contributed by atoms with Gasteiger partial charge in [0.2, 0.25) is 0 Å². The van der Waals surface area contributed by atoms with Crippen LogP contribution in [-0.2, 0) is 11.2 Å². The van der Waals surface area contributed by atoms with Gasteiger partial charge in [-0.05, 0) is 31.6 Å². The van der Waals surface area contributed by atoms with E-state index in [1.807, 2.05) is 0 Å². The number of hydrogen-bond acceptors (Lipinski definition) is 4. The number of urea groups is 1. The first-order chi connectivity index (χ1) is 10.0. The van der Waals surface area contributed by atoms with Crippen molar-refractivity contribution >= 4 is 12.0 Å². The molecule has 0 radical (unpaired) electrons. The summed E-state index contributed by atoms with van der Waals surface area (Å²) in [4.78, 5) is 27.4. The van der Waals surface area contributed by atoms with E-state index in [0.717, 1.165) is 12.8 Å². The summed E-state index contributed by atoms with van der Waals surface area (Å²) in [5.74, 6) is 0.225. The lowest BCUT2D eigenvalue weighted by Crippen LogP contribution is -2.58. The maximum Gasteiger partial charge on any atom is 0.329 e. The molecule has 1 fully saturated rings. The highest BCUT2D eigenvalue weighted by molar-refractivity contribution is 5.86. The van der Waals surface area contributed by atoms with Crippen LogP contribution in [0.2, 0.25) is 0 Å². The van der Waals surface area contributed by atoms with E-state index in [9.17, 15) is 14.7 Å². The molecule has 1 heterocycles. The third-order valence-corrected chi connectivity index (χ3v) is 4.00. The SMILES string of the molecule is CC1CCC(NC(=O)NCCc2ncn[nH]2)(C(=O)O)CC1. The Balaban J connectivity index is 1.82. The molecule has 0 saturated heterocycles. The molecule has 8 nitrogen and oxygen atoms in total. The number of hydrogen-bond donors (Lipinski definition) is 4. The highest BCUT2D eigenvalue weighted by Gasteiger charge is 2.42. The minimum absolute atomic E-state index is 0.368. The summed E-state index contributed by atoms with van der Waals surface area (Å²) in [6.07, 6.45) is 4.48. The predicted octanol–water partition coefficient (Wildman–Crippen LogP) is 0.680. The van der Waals surface area contributed by atoms with Crippen molar-refractivity contribution in [3.8, 4) is 0 Å². The Labute approximate surface area is 122 Å². The summed E-state index contributed by atoms with van der Waals surface area (Å²) in [6.45, 7) is 2.47. The van der Waals surface area contributed by atoms with Crippen LogP contribution in [0.25, 0.3) is 0 Å². The Bertz CT molecular complexity index is 480.